The second-order valence-electron chi connectivity index (χ2n) is 6.11. The van der Waals surface area contributed by atoms with Crippen LogP contribution in [0.5, 0.6) is 0 Å². The van der Waals surface area contributed by atoms with Crippen LogP contribution in [0, 0.1) is 11.8 Å². The van der Waals surface area contributed by atoms with Crippen LogP contribution in [-0.2, 0) is 9.53 Å². The summed E-state index contributed by atoms with van der Waals surface area (Å²) >= 11 is 0. The molecule has 0 aromatic heterocycles. The molecular weight excluding hydrogens is 260 g/mol. The van der Waals surface area contributed by atoms with Crippen molar-refractivity contribution in [1.29, 1.82) is 0 Å². The summed E-state index contributed by atoms with van der Waals surface area (Å²) in [6.45, 7) is 1.82. The predicted molar refractivity (Wildman–Crippen MR) is 71.3 cm³/mol. The van der Waals surface area contributed by atoms with Crippen molar-refractivity contribution in [3.05, 3.63) is 0 Å². The summed E-state index contributed by atoms with van der Waals surface area (Å²) in [5, 5.41) is 12.3. The van der Waals surface area contributed by atoms with E-state index in [0.717, 1.165) is 38.7 Å². The Balaban J connectivity index is 1.59. The van der Waals surface area contributed by atoms with E-state index < -0.39 is 12.0 Å². The number of nitrogens with one attached hydrogen (secondary N) is 1. The SMILES string of the molecule is O=C(O)C1C2CCCC2CN1C(=O)NCC1CCCO1. The number of hydrogen-bond donors (Lipinski definition) is 2. The van der Waals surface area contributed by atoms with E-state index in [-0.39, 0.29) is 18.1 Å². The highest BCUT2D eigenvalue weighted by Gasteiger charge is 2.49. The van der Waals surface area contributed by atoms with E-state index in [4.69, 9.17) is 4.74 Å². The number of amides is 2. The maximum atomic E-state index is 12.2. The van der Waals surface area contributed by atoms with Crippen molar-refractivity contribution in [3.63, 3.8) is 0 Å². The molecule has 112 valence electrons. The normalized spacial score (nSPS) is 36.1. The third kappa shape index (κ3) is 2.49. The number of carbonyl (C=O) groups excluding carboxylic acids is 1. The number of urea groups is 1. The van der Waals surface area contributed by atoms with Crippen LogP contribution in [0.1, 0.15) is 32.1 Å². The first-order valence-electron chi connectivity index (χ1n) is 7.55. The maximum Gasteiger partial charge on any atom is 0.326 e. The van der Waals surface area contributed by atoms with Crippen LogP contribution in [0.15, 0.2) is 0 Å². The lowest BCUT2D eigenvalue weighted by Crippen LogP contribution is -2.49. The van der Waals surface area contributed by atoms with Gasteiger partial charge < -0.3 is 20.1 Å². The van der Waals surface area contributed by atoms with Gasteiger partial charge in [0.15, 0.2) is 0 Å². The molecule has 2 aliphatic heterocycles. The van der Waals surface area contributed by atoms with Crippen molar-refractivity contribution in [2.45, 2.75) is 44.2 Å². The Morgan fingerprint density at radius 3 is 2.80 bits per heavy atom. The van der Waals surface area contributed by atoms with E-state index in [1.807, 2.05) is 0 Å². The molecule has 1 saturated carbocycles. The minimum atomic E-state index is -0.869. The van der Waals surface area contributed by atoms with Gasteiger partial charge in [-0.3, -0.25) is 0 Å². The fourth-order valence-electron chi connectivity index (χ4n) is 3.94. The monoisotopic (exact) mass is 282 g/mol. The number of likely N-dealkylation sites (tertiary alicyclic amines) is 1. The van der Waals surface area contributed by atoms with Gasteiger partial charge in [-0.15, -0.1) is 0 Å². The van der Waals surface area contributed by atoms with E-state index in [2.05, 4.69) is 5.32 Å². The Morgan fingerprint density at radius 2 is 2.10 bits per heavy atom. The average Bonchev–Trinajstić information content (AvgIpc) is 3.10. The van der Waals surface area contributed by atoms with Gasteiger partial charge in [0.2, 0.25) is 0 Å². The first-order valence-corrected chi connectivity index (χ1v) is 7.55. The van der Waals surface area contributed by atoms with E-state index in [9.17, 15) is 14.7 Å². The predicted octanol–water partition coefficient (Wildman–Crippen LogP) is 1.06. The highest BCUT2D eigenvalue weighted by molar-refractivity contribution is 5.83. The smallest absolute Gasteiger partial charge is 0.326 e. The van der Waals surface area contributed by atoms with Crippen LogP contribution in [0.3, 0.4) is 0 Å². The molecule has 1 aliphatic carbocycles. The van der Waals surface area contributed by atoms with E-state index in [1.165, 1.54) is 4.90 Å². The third-order valence-corrected chi connectivity index (χ3v) is 4.91. The van der Waals surface area contributed by atoms with Crippen molar-refractivity contribution >= 4 is 12.0 Å². The topological polar surface area (TPSA) is 78.9 Å². The Bertz CT molecular complexity index is 395. The quantitative estimate of drug-likeness (QED) is 0.811. The van der Waals surface area contributed by atoms with Gasteiger partial charge >= 0.3 is 12.0 Å². The molecule has 2 amide bonds. The van der Waals surface area contributed by atoms with Crippen molar-refractivity contribution in [1.82, 2.24) is 10.2 Å². The Kier molecular flexibility index (Phi) is 3.83. The number of aliphatic carboxylic acids is 1. The first kappa shape index (κ1) is 13.7. The number of hydrogen-bond acceptors (Lipinski definition) is 3. The number of fused-ring (bicyclic) bond motifs is 1. The van der Waals surface area contributed by atoms with Crippen LogP contribution in [-0.4, -0.2) is 53.8 Å². The molecule has 0 aromatic carbocycles. The second-order valence-corrected chi connectivity index (χ2v) is 6.11. The average molecular weight is 282 g/mol. The molecule has 6 nitrogen and oxygen atoms in total. The number of carboxylic acid groups (broad SMARTS) is 1. The molecule has 6 heteroatoms. The van der Waals surface area contributed by atoms with Crippen molar-refractivity contribution < 1.29 is 19.4 Å². The van der Waals surface area contributed by atoms with Crippen LogP contribution >= 0.6 is 0 Å². The number of carboxylic acids is 1. The molecule has 3 aliphatic rings. The third-order valence-electron chi connectivity index (χ3n) is 4.91. The molecule has 4 atom stereocenters. The molecule has 2 saturated heterocycles. The minimum absolute atomic E-state index is 0.0873. The lowest BCUT2D eigenvalue weighted by molar-refractivity contribution is -0.142. The molecule has 2 heterocycles. The Hall–Kier alpha value is -1.30. The summed E-state index contributed by atoms with van der Waals surface area (Å²) in [7, 11) is 0. The largest absolute Gasteiger partial charge is 0.480 e. The summed E-state index contributed by atoms with van der Waals surface area (Å²) in [4.78, 5) is 25.2. The van der Waals surface area contributed by atoms with Gasteiger partial charge in [0.1, 0.15) is 6.04 Å². The van der Waals surface area contributed by atoms with Crippen LogP contribution < -0.4 is 5.32 Å². The molecule has 2 N–H and O–H groups in total. The van der Waals surface area contributed by atoms with Crippen LogP contribution in [0.25, 0.3) is 0 Å². The molecular formula is C14H22N2O4. The number of rotatable bonds is 3. The maximum absolute atomic E-state index is 12.2. The van der Waals surface area contributed by atoms with Crippen molar-refractivity contribution in [2.24, 2.45) is 11.8 Å². The van der Waals surface area contributed by atoms with Gasteiger partial charge in [-0.25, -0.2) is 9.59 Å². The Morgan fingerprint density at radius 1 is 1.25 bits per heavy atom. The van der Waals surface area contributed by atoms with Crippen LogP contribution in [0.2, 0.25) is 0 Å². The van der Waals surface area contributed by atoms with Gasteiger partial charge in [-0.05, 0) is 37.5 Å². The van der Waals surface area contributed by atoms with Gasteiger partial charge in [0, 0.05) is 19.7 Å². The zero-order chi connectivity index (χ0) is 14.1. The number of nitrogens with zero attached hydrogens (tertiary/aromatic N) is 1. The molecule has 3 fully saturated rings. The zero-order valence-corrected chi connectivity index (χ0v) is 11.6. The van der Waals surface area contributed by atoms with E-state index in [0.29, 0.717) is 19.0 Å². The standard InChI is InChI=1S/C14H22N2O4/c17-13(18)12-11-5-1-3-9(11)8-16(12)14(19)15-7-10-4-2-6-20-10/h9-12H,1-8H2,(H,15,19)(H,17,18). The van der Waals surface area contributed by atoms with Crippen molar-refractivity contribution in [3.8, 4) is 0 Å². The first-order chi connectivity index (χ1) is 9.66. The van der Waals surface area contributed by atoms with Gasteiger partial charge in [-0.2, -0.15) is 0 Å². The summed E-state index contributed by atoms with van der Waals surface area (Å²) in [5.41, 5.74) is 0. The van der Waals surface area contributed by atoms with E-state index >= 15 is 0 Å². The minimum Gasteiger partial charge on any atom is -0.480 e. The molecule has 4 unspecified atom stereocenters. The van der Waals surface area contributed by atoms with Gasteiger partial charge in [-0.1, -0.05) is 6.42 Å². The number of ether oxygens (including phenoxy) is 1. The molecule has 0 bridgehead atoms. The highest BCUT2D eigenvalue weighted by Crippen LogP contribution is 2.42. The molecule has 3 rings (SSSR count). The highest BCUT2D eigenvalue weighted by atomic mass is 16.5. The summed E-state index contributed by atoms with van der Waals surface area (Å²) < 4.78 is 5.47. The lowest BCUT2D eigenvalue weighted by Gasteiger charge is -2.25. The number of carbonyl (C=O) groups is 2. The lowest BCUT2D eigenvalue weighted by atomic mass is 9.94. The van der Waals surface area contributed by atoms with Gasteiger partial charge in [0.25, 0.3) is 0 Å². The molecule has 20 heavy (non-hydrogen) atoms. The summed E-state index contributed by atoms with van der Waals surface area (Å²) in [6.07, 6.45) is 5.15. The fourth-order valence-corrected chi connectivity index (χ4v) is 3.94. The Labute approximate surface area is 118 Å². The summed E-state index contributed by atoms with van der Waals surface area (Å²) in [5.74, 6) is -0.364. The molecule has 0 aromatic rings. The summed E-state index contributed by atoms with van der Waals surface area (Å²) in [6, 6.07) is -0.894. The van der Waals surface area contributed by atoms with Gasteiger partial charge in [0.05, 0.1) is 6.10 Å². The fraction of sp³-hybridized carbons (Fsp3) is 0.857. The second kappa shape index (κ2) is 5.60. The molecule has 0 spiro atoms. The van der Waals surface area contributed by atoms with Crippen LogP contribution in [0.4, 0.5) is 4.79 Å². The van der Waals surface area contributed by atoms with E-state index in [1.54, 1.807) is 0 Å². The van der Waals surface area contributed by atoms with Crippen molar-refractivity contribution in [2.75, 3.05) is 19.7 Å². The zero-order valence-electron chi connectivity index (χ0n) is 11.6. The molecule has 0 radical (unpaired) electrons.